The molecule has 0 saturated heterocycles. The van der Waals surface area contributed by atoms with E-state index in [0.717, 1.165) is 0 Å². The molecule has 17 heavy (non-hydrogen) atoms. The van der Waals surface area contributed by atoms with Crippen LogP contribution in [0.5, 0.6) is 5.75 Å². The number of carbonyl (C=O) groups excluding carboxylic acids is 1. The standard InChI is InChI=1S/C12H14O4S/c13-9-1-5-11(6-2-9)17(15,16)12-7-3-10(14)4-8-12/h1-2,5-6,12-13H,3-4,7-8H2. The van der Waals surface area contributed by atoms with Gasteiger partial charge in [-0.05, 0) is 37.1 Å². The summed E-state index contributed by atoms with van der Waals surface area (Å²) in [7, 11) is -3.37. The molecule has 1 aliphatic carbocycles. The molecule has 0 aromatic heterocycles. The summed E-state index contributed by atoms with van der Waals surface area (Å²) in [5.74, 6) is 0.185. The third kappa shape index (κ3) is 2.49. The summed E-state index contributed by atoms with van der Waals surface area (Å²) in [4.78, 5) is 11.3. The lowest BCUT2D eigenvalue weighted by atomic mass is 9.99. The zero-order valence-corrected chi connectivity index (χ0v) is 10.1. The summed E-state index contributed by atoms with van der Waals surface area (Å²) in [6.45, 7) is 0. The number of benzene rings is 1. The fourth-order valence-electron chi connectivity index (χ4n) is 2.05. The number of Topliss-reactive ketones (excluding diaryl/α,β-unsaturated/α-hetero) is 1. The maximum Gasteiger partial charge on any atom is 0.181 e. The summed E-state index contributed by atoms with van der Waals surface area (Å²) in [5, 5.41) is 8.66. The van der Waals surface area contributed by atoms with E-state index < -0.39 is 15.1 Å². The van der Waals surface area contributed by atoms with Crippen molar-refractivity contribution in [1.82, 2.24) is 0 Å². The Morgan fingerprint density at radius 1 is 1.06 bits per heavy atom. The van der Waals surface area contributed by atoms with E-state index in [2.05, 4.69) is 0 Å². The lowest BCUT2D eigenvalue weighted by molar-refractivity contribution is -0.120. The Balaban J connectivity index is 2.24. The number of rotatable bonds is 2. The highest BCUT2D eigenvalue weighted by Crippen LogP contribution is 2.27. The zero-order chi connectivity index (χ0) is 12.5. The van der Waals surface area contributed by atoms with Crippen molar-refractivity contribution in [3.63, 3.8) is 0 Å². The van der Waals surface area contributed by atoms with Gasteiger partial charge in [0.05, 0.1) is 10.1 Å². The lowest BCUT2D eigenvalue weighted by Gasteiger charge is -2.21. The summed E-state index contributed by atoms with van der Waals surface area (Å²) in [6.07, 6.45) is 1.51. The Morgan fingerprint density at radius 3 is 2.12 bits per heavy atom. The maximum atomic E-state index is 12.2. The molecule has 0 aliphatic heterocycles. The average Bonchev–Trinajstić information content (AvgIpc) is 2.30. The highest BCUT2D eigenvalue weighted by molar-refractivity contribution is 7.92. The molecule has 1 aromatic carbocycles. The molecule has 1 aromatic rings. The Hall–Kier alpha value is -1.36. The van der Waals surface area contributed by atoms with Crippen LogP contribution in [0.4, 0.5) is 0 Å². The molecule has 1 N–H and O–H groups in total. The highest BCUT2D eigenvalue weighted by atomic mass is 32.2. The van der Waals surface area contributed by atoms with Crippen molar-refractivity contribution in [3.8, 4) is 5.75 Å². The summed E-state index contributed by atoms with van der Waals surface area (Å²) in [5.41, 5.74) is 0. The van der Waals surface area contributed by atoms with Crippen LogP contribution < -0.4 is 0 Å². The predicted molar refractivity (Wildman–Crippen MR) is 62.6 cm³/mol. The minimum Gasteiger partial charge on any atom is -0.508 e. The van der Waals surface area contributed by atoms with Gasteiger partial charge < -0.3 is 5.11 Å². The van der Waals surface area contributed by atoms with Crippen LogP contribution in [-0.2, 0) is 14.6 Å². The van der Waals surface area contributed by atoms with Crippen LogP contribution in [0.3, 0.4) is 0 Å². The van der Waals surface area contributed by atoms with Gasteiger partial charge in [-0.15, -0.1) is 0 Å². The molecule has 1 fully saturated rings. The van der Waals surface area contributed by atoms with Crippen molar-refractivity contribution in [2.45, 2.75) is 35.8 Å². The van der Waals surface area contributed by atoms with Gasteiger partial charge in [0.2, 0.25) is 0 Å². The van der Waals surface area contributed by atoms with Gasteiger partial charge in [-0.3, -0.25) is 4.79 Å². The van der Waals surface area contributed by atoms with Crippen molar-refractivity contribution < 1.29 is 18.3 Å². The molecule has 2 rings (SSSR count). The van der Waals surface area contributed by atoms with Gasteiger partial charge in [0.15, 0.2) is 9.84 Å². The average molecular weight is 254 g/mol. The molecular formula is C12H14O4S. The number of hydrogen-bond donors (Lipinski definition) is 1. The largest absolute Gasteiger partial charge is 0.508 e. The van der Waals surface area contributed by atoms with E-state index in [1.165, 1.54) is 24.3 Å². The SMILES string of the molecule is O=C1CCC(S(=O)(=O)c2ccc(O)cc2)CC1. The second-order valence-corrected chi connectivity index (χ2v) is 6.51. The number of phenolic OH excluding ortho intramolecular Hbond substituents is 1. The van der Waals surface area contributed by atoms with E-state index in [-0.39, 0.29) is 16.4 Å². The van der Waals surface area contributed by atoms with Crippen LogP contribution in [0.15, 0.2) is 29.2 Å². The Labute approximate surface area is 100 Å². The van der Waals surface area contributed by atoms with Gasteiger partial charge in [0, 0.05) is 12.8 Å². The molecule has 0 heterocycles. The molecule has 0 atom stereocenters. The molecule has 5 heteroatoms. The summed E-state index contributed by atoms with van der Waals surface area (Å²) >= 11 is 0. The van der Waals surface area contributed by atoms with Crippen LogP contribution in [0.2, 0.25) is 0 Å². The first kappa shape index (κ1) is 12.1. The van der Waals surface area contributed by atoms with E-state index >= 15 is 0 Å². The number of phenols is 1. The van der Waals surface area contributed by atoms with Crippen LogP contribution >= 0.6 is 0 Å². The molecule has 0 amide bonds. The van der Waals surface area contributed by atoms with Gasteiger partial charge in [-0.1, -0.05) is 0 Å². The quantitative estimate of drug-likeness (QED) is 0.871. The van der Waals surface area contributed by atoms with Gasteiger partial charge in [-0.25, -0.2) is 8.42 Å². The number of aromatic hydroxyl groups is 1. The van der Waals surface area contributed by atoms with Crippen molar-refractivity contribution >= 4 is 15.6 Å². The number of carbonyl (C=O) groups is 1. The van der Waals surface area contributed by atoms with Gasteiger partial charge >= 0.3 is 0 Å². The van der Waals surface area contributed by atoms with Crippen molar-refractivity contribution in [3.05, 3.63) is 24.3 Å². The molecular weight excluding hydrogens is 240 g/mol. The molecule has 1 saturated carbocycles. The van der Waals surface area contributed by atoms with Crippen LogP contribution in [0.1, 0.15) is 25.7 Å². The van der Waals surface area contributed by atoms with E-state index in [4.69, 9.17) is 5.11 Å². The van der Waals surface area contributed by atoms with Crippen molar-refractivity contribution in [1.29, 1.82) is 0 Å². The van der Waals surface area contributed by atoms with E-state index in [1.54, 1.807) is 0 Å². The molecule has 0 spiro atoms. The predicted octanol–water partition coefficient (Wildman–Crippen LogP) is 1.68. The number of ketones is 1. The Kier molecular flexibility index (Phi) is 3.19. The number of hydrogen-bond acceptors (Lipinski definition) is 4. The first-order valence-electron chi connectivity index (χ1n) is 5.55. The first-order chi connectivity index (χ1) is 8.00. The summed E-state index contributed by atoms with van der Waals surface area (Å²) in [6, 6.07) is 5.53. The molecule has 92 valence electrons. The van der Waals surface area contributed by atoms with Crippen LogP contribution in [0, 0.1) is 0 Å². The lowest BCUT2D eigenvalue weighted by Crippen LogP contribution is -2.27. The minimum absolute atomic E-state index is 0.0442. The number of sulfone groups is 1. The zero-order valence-electron chi connectivity index (χ0n) is 9.30. The monoisotopic (exact) mass is 254 g/mol. The third-order valence-corrected chi connectivity index (χ3v) is 5.37. The summed E-state index contributed by atoms with van der Waals surface area (Å²) < 4.78 is 24.4. The molecule has 0 bridgehead atoms. The Morgan fingerprint density at radius 2 is 1.59 bits per heavy atom. The van der Waals surface area contributed by atoms with Crippen molar-refractivity contribution in [2.24, 2.45) is 0 Å². The minimum atomic E-state index is -3.37. The highest BCUT2D eigenvalue weighted by Gasteiger charge is 2.31. The third-order valence-electron chi connectivity index (χ3n) is 3.09. The molecule has 1 aliphatic rings. The molecule has 0 radical (unpaired) electrons. The second kappa shape index (κ2) is 4.49. The smallest absolute Gasteiger partial charge is 0.181 e. The van der Waals surface area contributed by atoms with Gasteiger partial charge in [0.1, 0.15) is 11.5 Å². The van der Waals surface area contributed by atoms with Crippen LogP contribution in [-0.4, -0.2) is 24.6 Å². The maximum absolute atomic E-state index is 12.2. The van der Waals surface area contributed by atoms with Gasteiger partial charge in [0.25, 0.3) is 0 Å². The molecule has 4 nitrogen and oxygen atoms in total. The fraction of sp³-hybridized carbons (Fsp3) is 0.417. The van der Waals surface area contributed by atoms with Gasteiger partial charge in [-0.2, -0.15) is 0 Å². The Bertz CT molecular complexity index is 506. The second-order valence-electron chi connectivity index (χ2n) is 4.28. The van der Waals surface area contributed by atoms with E-state index in [9.17, 15) is 13.2 Å². The van der Waals surface area contributed by atoms with Crippen molar-refractivity contribution in [2.75, 3.05) is 0 Å². The van der Waals surface area contributed by atoms with E-state index in [1.807, 2.05) is 0 Å². The molecule has 0 unspecified atom stereocenters. The first-order valence-corrected chi connectivity index (χ1v) is 7.09. The topological polar surface area (TPSA) is 71.4 Å². The normalized spacial score (nSPS) is 18.2. The van der Waals surface area contributed by atoms with Crippen LogP contribution in [0.25, 0.3) is 0 Å². The van der Waals surface area contributed by atoms with E-state index in [0.29, 0.717) is 25.7 Å². The fourth-order valence-corrected chi connectivity index (χ4v) is 3.81.